The van der Waals surface area contributed by atoms with Gasteiger partial charge in [-0.1, -0.05) is 6.07 Å². The van der Waals surface area contributed by atoms with E-state index >= 15 is 0 Å². The van der Waals surface area contributed by atoms with Crippen LogP contribution in [0.5, 0.6) is 5.88 Å². The lowest BCUT2D eigenvalue weighted by atomic mass is 10.1. The summed E-state index contributed by atoms with van der Waals surface area (Å²) in [5.74, 6) is 0.459. The van der Waals surface area contributed by atoms with Crippen LogP contribution in [0.4, 0.5) is 18.9 Å². The molecule has 0 radical (unpaired) electrons. The molecule has 0 saturated carbocycles. The number of morpholine rings is 1. The molecule has 11 heteroatoms. The average molecular weight is 427 g/mol. The normalized spacial score (nSPS) is 15.2. The second-order valence-electron chi connectivity index (χ2n) is 7.01. The van der Waals surface area contributed by atoms with Gasteiger partial charge in [0.1, 0.15) is 12.2 Å². The number of anilines is 1. The molecule has 0 atom stereocenters. The predicted octanol–water partition coefficient (Wildman–Crippen LogP) is 1.84. The molecule has 0 amide bonds. The Morgan fingerprint density at radius 2 is 2.03 bits per heavy atom. The van der Waals surface area contributed by atoms with Gasteiger partial charge in [0.2, 0.25) is 5.88 Å². The van der Waals surface area contributed by atoms with Crippen molar-refractivity contribution in [3.63, 3.8) is 0 Å². The molecule has 1 N–H and O–H groups in total. The van der Waals surface area contributed by atoms with Crippen LogP contribution >= 0.6 is 0 Å². The molecule has 164 valence electrons. The zero-order valence-corrected chi connectivity index (χ0v) is 16.8. The van der Waals surface area contributed by atoms with Gasteiger partial charge in [0.25, 0.3) is 5.56 Å². The van der Waals surface area contributed by atoms with Gasteiger partial charge in [-0.2, -0.15) is 18.3 Å². The van der Waals surface area contributed by atoms with E-state index in [1.807, 2.05) is 5.10 Å². The van der Waals surface area contributed by atoms with Crippen LogP contribution in [0.3, 0.4) is 0 Å². The minimum absolute atomic E-state index is 0.126. The van der Waals surface area contributed by atoms with Gasteiger partial charge in [0, 0.05) is 45.0 Å². The van der Waals surface area contributed by atoms with Crippen molar-refractivity contribution in [3.05, 3.63) is 45.5 Å². The number of aromatic nitrogens is 3. The molecule has 1 fully saturated rings. The summed E-state index contributed by atoms with van der Waals surface area (Å²) in [5, 5.41) is 5.34. The maximum Gasteiger partial charge on any atom is 0.423 e. The van der Waals surface area contributed by atoms with Crippen LogP contribution in [0.1, 0.15) is 16.8 Å². The van der Waals surface area contributed by atoms with E-state index in [4.69, 9.17) is 9.47 Å². The van der Waals surface area contributed by atoms with E-state index in [1.54, 1.807) is 19.1 Å². The van der Waals surface area contributed by atoms with Gasteiger partial charge >= 0.3 is 6.18 Å². The van der Waals surface area contributed by atoms with Crippen molar-refractivity contribution in [2.75, 3.05) is 51.4 Å². The van der Waals surface area contributed by atoms with Gasteiger partial charge in [-0.05, 0) is 12.5 Å². The van der Waals surface area contributed by atoms with Crippen molar-refractivity contribution < 1.29 is 22.6 Å². The number of H-pyrrole nitrogens is 1. The maximum atomic E-state index is 13.3. The number of nitrogens with zero attached hydrogens (tertiary/aromatic N) is 4. The first-order valence-electron chi connectivity index (χ1n) is 9.51. The third kappa shape index (κ3) is 5.48. The molecule has 0 spiro atoms. The summed E-state index contributed by atoms with van der Waals surface area (Å²) in [5.41, 5.74) is -1.49. The van der Waals surface area contributed by atoms with Crippen LogP contribution in [0.2, 0.25) is 0 Å². The predicted molar refractivity (Wildman–Crippen MR) is 104 cm³/mol. The van der Waals surface area contributed by atoms with Crippen molar-refractivity contribution in [1.82, 2.24) is 20.1 Å². The molecule has 1 aliphatic heterocycles. The molecule has 0 aliphatic carbocycles. The van der Waals surface area contributed by atoms with E-state index < -0.39 is 17.3 Å². The quantitative estimate of drug-likeness (QED) is 0.722. The smallest absolute Gasteiger partial charge is 0.423 e. The Morgan fingerprint density at radius 1 is 1.30 bits per heavy atom. The van der Waals surface area contributed by atoms with Gasteiger partial charge in [0.15, 0.2) is 0 Å². The summed E-state index contributed by atoms with van der Waals surface area (Å²) >= 11 is 0. The Kier molecular flexibility index (Phi) is 6.93. The minimum atomic E-state index is -4.79. The van der Waals surface area contributed by atoms with Gasteiger partial charge in [-0.3, -0.25) is 9.69 Å². The van der Waals surface area contributed by atoms with E-state index in [0.29, 0.717) is 23.7 Å². The highest BCUT2D eigenvalue weighted by Gasteiger charge is 2.38. The SMILES string of the molecule is Cc1nc(OCCN2CCOCC2)ccc1CN(C)c1cn[nH]c(=O)c1C(F)(F)F. The molecule has 1 saturated heterocycles. The van der Waals surface area contributed by atoms with Crippen LogP contribution in [0.25, 0.3) is 0 Å². The number of aromatic amines is 1. The monoisotopic (exact) mass is 427 g/mol. The number of pyridine rings is 1. The van der Waals surface area contributed by atoms with Crippen molar-refractivity contribution in [1.29, 1.82) is 0 Å². The molecule has 3 rings (SSSR count). The van der Waals surface area contributed by atoms with Crippen LogP contribution in [0, 0.1) is 6.92 Å². The number of alkyl halides is 3. The third-order valence-electron chi connectivity index (χ3n) is 4.87. The number of hydrogen-bond donors (Lipinski definition) is 1. The first-order chi connectivity index (χ1) is 14.3. The van der Waals surface area contributed by atoms with Gasteiger partial charge in [0.05, 0.1) is 25.1 Å². The zero-order chi connectivity index (χ0) is 21.7. The molecule has 0 aromatic carbocycles. The Labute approximate surface area is 171 Å². The summed E-state index contributed by atoms with van der Waals surface area (Å²) in [6.45, 7) is 6.33. The van der Waals surface area contributed by atoms with Gasteiger partial charge in [-0.25, -0.2) is 10.1 Å². The number of nitrogens with one attached hydrogen (secondary N) is 1. The second kappa shape index (κ2) is 9.43. The van der Waals surface area contributed by atoms with Crippen LogP contribution in [-0.4, -0.2) is 66.6 Å². The van der Waals surface area contributed by atoms with E-state index in [0.717, 1.165) is 39.0 Å². The fourth-order valence-corrected chi connectivity index (χ4v) is 3.21. The average Bonchev–Trinajstić information content (AvgIpc) is 2.69. The minimum Gasteiger partial charge on any atom is -0.476 e. The summed E-state index contributed by atoms with van der Waals surface area (Å²) in [7, 11) is 1.47. The molecule has 3 heterocycles. The Bertz CT molecular complexity index is 913. The standard InChI is InChI=1S/C19H24F3N5O3/c1-13-14(3-4-16(24-13)30-10-7-27-5-8-29-9-6-27)12-26(2)15-11-23-25-18(28)17(15)19(20,21)22/h3-4,11H,5-10,12H2,1-2H3,(H,25,28). The largest absolute Gasteiger partial charge is 0.476 e. The Hall–Kier alpha value is -2.66. The molecule has 2 aromatic heterocycles. The van der Waals surface area contributed by atoms with Crippen molar-refractivity contribution in [3.8, 4) is 5.88 Å². The van der Waals surface area contributed by atoms with Crippen LogP contribution in [-0.2, 0) is 17.5 Å². The summed E-state index contributed by atoms with van der Waals surface area (Å²) < 4.78 is 50.8. The zero-order valence-electron chi connectivity index (χ0n) is 16.8. The van der Waals surface area contributed by atoms with E-state index in [-0.39, 0.29) is 12.2 Å². The number of rotatable bonds is 7. The summed E-state index contributed by atoms with van der Waals surface area (Å²) in [4.78, 5) is 19.6. The number of ether oxygens (including phenoxy) is 2. The van der Waals surface area contributed by atoms with E-state index in [2.05, 4.69) is 15.0 Å². The molecule has 0 unspecified atom stereocenters. The first kappa shape index (κ1) is 22.0. The molecular weight excluding hydrogens is 403 g/mol. The lowest BCUT2D eigenvalue weighted by Gasteiger charge is -2.26. The van der Waals surface area contributed by atoms with E-state index in [9.17, 15) is 18.0 Å². The molecule has 0 bridgehead atoms. The van der Waals surface area contributed by atoms with E-state index in [1.165, 1.54) is 11.9 Å². The summed E-state index contributed by atoms with van der Waals surface area (Å²) in [6.07, 6.45) is -3.79. The lowest BCUT2D eigenvalue weighted by Crippen LogP contribution is -2.38. The summed E-state index contributed by atoms with van der Waals surface area (Å²) in [6, 6.07) is 3.45. The van der Waals surface area contributed by atoms with Crippen molar-refractivity contribution in [2.45, 2.75) is 19.6 Å². The number of hydrogen-bond acceptors (Lipinski definition) is 7. The molecular formula is C19H24F3N5O3. The highest BCUT2D eigenvalue weighted by atomic mass is 19.4. The molecule has 8 nitrogen and oxygen atoms in total. The topological polar surface area (TPSA) is 83.6 Å². The highest BCUT2D eigenvalue weighted by Crippen LogP contribution is 2.33. The lowest BCUT2D eigenvalue weighted by molar-refractivity contribution is -0.138. The van der Waals surface area contributed by atoms with Crippen molar-refractivity contribution >= 4 is 5.69 Å². The third-order valence-corrected chi connectivity index (χ3v) is 4.87. The molecule has 2 aromatic rings. The van der Waals surface area contributed by atoms with Crippen LogP contribution < -0.4 is 15.2 Å². The fraction of sp³-hybridized carbons (Fsp3) is 0.526. The second-order valence-corrected chi connectivity index (χ2v) is 7.01. The van der Waals surface area contributed by atoms with Gasteiger partial charge in [-0.15, -0.1) is 0 Å². The van der Waals surface area contributed by atoms with Crippen LogP contribution in [0.15, 0.2) is 23.1 Å². The highest BCUT2D eigenvalue weighted by molar-refractivity contribution is 5.52. The van der Waals surface area contributed by atoms with Crippen molar-refractivity contribution in [2.24, 2.45) is 0 Å². The maximum absolute atomic E-state index is 13.3. The Balaban J connectivity index is 1.65. The molecule has 1 aliphatic rings. The molecule has 30 heavy (non-hydrogen) atoms. The Morgan fingerprint density at radius 3 is 2.70 bits per heavy atom. The number of aryl methyl sites for hydroxylation is 1. The number of halogens is 3. The first-order valence-corrected chi connectivity index (χ1v) is 9.51. The van der Waals surface area contributed by atoms with Gasteiger partial charge < -0.3 is 14.4 Å². The fourth-order valence-electron chi connectivity index (χ4n) is 3.21.